The zero-order valence-electron chi connectivity index (χ0n) is 30.6. The zero-order valence-corrected chi connectivity index (χ0v) is 24.6. The Morgan fingerprint density at radius 3 is 2.36 bits per heavy atom. The molecule has 0 unspecified atom stereocenters. The number of carbonyl (C=O) groups is 3. The first-order valence-electron chi connectivity index (χ1n) is 17.0. The van der Waals surface area contributed by atoms with Crippen LogP contribution in [-0.2, 0) is 38.0 Å². The highest BCUT2D eigenvalue weighted by Crippen LogP contribution is 2.64. The summed E-state index contributed by atoms with van der Waals surface area (Å²) in [6.45, 7) is 7.00. The fourth-order valence-electron chi connectivity index (χ4n) is 8.13. The van der Waals surface area contributed by atoms with Gasteiger partial charge >= 0.3 is 11.9 Å². The van der Waals surface area contributed by atoms with Gasteiger partial charge in [0.1, 0.15) is 23.9 Å². The average Bonchev–Trinajstić information content (AvgIpc) is 2.96. The number of fused-ring (bicyclic) bond motifs is 5. The Morgan fingerprint density at radius 1 is 1.10 bits per heavy atom. The van der Waals surface area contributed by atoms with E-state index in [1.165, 1.54) is 26.2 Å². The summed E-state index contributed by atoms with van der Waals surface area (Å²) in [4.78, 5) is 42.1. The minimum absolute atomic E-state index is 0.0748. The highest BCUT2D eigenvalue weighted by molar-refractivity contribution is 5.94. The normalized spacial score (nSPS) is 43.3. The highest BCUT2D eigenvalue weighted by atomic mass is 16.6. The number of carbonyl (C=O) groups excluding carboxylic acids is 3. The number of Topliss-reactive ketones (excluding diaryl/α,β-unsaturated/α-hetero) is 1. The number of hydrogen-bond acceptors (Lipinski definition) is 10. The summed E-state index contributed by atoms with van der Waals surface area (Å²) in [6.07, 6.45) is -7.59. The maximum absolute atomic E-state index is 15.3. The molecule has 0 aromatic heterocycles. The standard InChI is InChI=1S/C32H42O10/c1-17-20(37-6)15-32(36)27(41-28(35)19-12-10-9-11-13-19)25-30(5,26(34)24(39-8)23(17)29(32,3)4)21(38-7)14-22-31(25,16-40-22)42-18(2)33/h9-13,20-22,24-25,27,36H,14-16H2,1-8H3/t20-,21-,22+,24+,25-,27-,30+,31-,32+/m0/s1/i7D3,8D3. The molecule has 1 heterocycles. The summed E-state index contributed by atoms with van der Waals surface area (Å²) in [7, 11) is -4.83. The minimum Gasteiger partial charge on any atom is -0.455 e. The molecule has 0 radical (unpaired) electrons. The fourth-order valence-corrected chi connectivity index (χ4v) is 8.13. The van der Waals surface area contributed by atoms with Crippen LogP contribution in [0.25, 0.3) is 0 Å². The molecular weight excluding hydrogens is 544 g/mol. The summed E-state index contributed by atoms with van der Waals surface area (Å²) in [6, 6.07) is 7.91. The second-order valence-corrected chi connectivity index (χ2v) is 12.6. The van der Waals surface area contributed by atoms with Crippen molar-refractivity contribution in [2.45, 2.75) is 89.2 Å². The van der Waals surface area contributed by atoms with Crippen molar-refractivity contribution in [2.75, 3.05) is 27.8 Å². The zero-order chi connectivity index (χ0) is 35.8. The van der Waals surface area contributed by atoms with Gasteiger partial charge in [0.15, 0.2) is 11.4 Å². The van der Waals surface area contributed by atoms with Crippen molar-refractivity contribution in [3.05, 3.63) is 47.0 Å². The number of benzene rings is 1. The van der Waals surface area contributed by atoms with Crippen molar-refractivity contribution in [3.63, 3.8) is 0 Å². The SMILES string of the molecule is [2H]C([2H])([2H])O[C@H]1C(=O)[C@]2(C)[C@@H](OC([2H])([2H])[2H])C[C@H]3OC[C@@]3(OC(C)=O)[C@H]2[C@H](OC(=O)c2ccccc2)[C@]2(O)C[C@H](OC)C(C)=C1C2(C)C. The lowest BCUT2D eigenvalue weighted by atomic mass is 9.44. The van der Waals surface area contributed by atoms with E-state index in [9.17, 15) is 14.7 Å². The second kappa shape index (κ2) is 10.5. The van der Waals surface area contributed by atoms with Gasteiger partial charge in [-0.15, -0.1) is 0 Å². The van der Waals surface area contributed by atoms with E-state index in [2.05, 4.69) is 0 Å². The lowest BCUT2D eigenvalue weighted by Gasteiger charge is -2.68. The number of aliphatic hydroxyl groups is 1. The molecule has 5 rings (SSSR count). The van der Waals surface area contributed by atoms with Crippen LogP contribution in [0.5, 0.6) is 0 Å². The third-order valence-electron chi connectivity index (χ3n) is 10.4. The molecule has 4 aliphatic rings. The van der Waals surface area contributed by atoms with Crippen molar-refractivity contribution >= 4 is 17.7 Å². The van der Waals surface area contributed by atoms with E-state index in [-0.39, 0.29) is 30.6 Å². The van der Waals surface area contributed by atoms with E-state index in [0.717, 1.165) is 6.92 Å². The van der Waals surface area contributed by atoms with E-state index < -0.39 is 90.3 Å². The molecule has 0 spiro atoms. The number of hydrogen-bond donors (Lipinski definition) is 1. The van der Waals surface area contributed by atoms with E-state index in [4.69, 9.17) is 36.6 Å². The van der Waals surface area contributed by atoms with Crippen molar-refractivity contribution in [1.29, 1.82) is 0 Å². The number of ketones is 1. The molecule has 0 amide bonds. The molecule has 1 saturated heterocycles. The molecule has 1 aromatic carbocycles. The third-order valence-corrected chi connectivity index (χ3v) is 10.4. The topological polar surface area (TPSA) is 127 Å². The summed E-state index contributed by atoms with van der Waals surface area (Å²) in [5.41, 5.74) is -7.02. The predicted octanol–water partition coefficient (Wildman–Crippen LogP) is 3.04. The molecule has 1 N–H and O–H groups in total. The predicted molar refractivity (Wildman–Crippen MR) is 150 cm³/mol. The van der Waals surface area contributed by atoms with Gasteiger partial charge in [-0.25, -0.2) is 4.79 Å². The molecule has 3 aliphatic carbocycles. The molecule has 9 atom stereocenters. The summed E-state index contributed by atoms with van der Waals surface area (Å²) < 4.78 is 83.3. The Bertz CT molecular complexity index is 1490. The Kier molecular flexibility index (Phi) is 5.96. The Hall–Kier alpha value is -2.63. The minimum atomic E-state index is -3.14. The summed E-state index contributed by atoms with van der Waals surface area (Å²) in [5.74, 6) is -4.12. The molecule has 1 aliphatic heterocycles. The van der Waals surface area contributed by atoms with Crippen LogP contribution in [0.2, 0.25) is 0 Å². The lowest BCUT2D eigenvalue weighted by Crippen LogP contribution is -2.82. The molecular formula is C32H42O10. The second-order valence-electron chi connectivity index (χ2n) is 12.6. The maximum Gasteiger partial charge on any atom is 0.338 e. The molecule has 3 fully saturated rings. The Morgan fingerprint density at radius 2 is 1.79 bits per heavy atom. The third kappa shape index (κ3) is 4.06. The van der Waals surface area contributed by atoms with Gasteiger partial charge in [-0.2, -0.15) is 0 Å². The van der Waals surface area contributed by atoms with Crippen LogP contribution >= 0.6 is 0 Å². The molecule has 230 valence electrons. The van der Waals surface area contributed by atoms with E-state index in [0.29, 0.717) is 5.57 Å². The van der Waals surface area contributed by atoms with E-state index in [1.807, 2.05) is 0 Å². The van der Waals surface area contributed by atoms with Crippen LogP contribution < -0.4 is 0 Å². The van der Waals surface area contributed by atoms with Gasteiger partial charge in [0.05, 0.1) is 43.9 Å². The largest absolute Gasteiger partial charge is 0.455 e. The van der Waals surface area contributed by atoms with Crippen LogP contribution in [-0.4, -0.2) is 92.3 Å². The number of methoxy groups -OCH3 is 3. The monoisotopic (exact) mass is 592 g/mol. The molecule has 1 aromatic rings. The molecule has 2 saturated carbocycles. The molecule has 2 bridgehead atoms. The molecule has 10 nitrogen and oxygen atoms in total. The van der Waals surface area contributed by atoms with Crippen LogP contribution in [0.3, 0.4) is 0 Å². The van der Waals surface area contributed by atoms with Gasteiger partial charge in [0, 0.05) is 46.4 Å². The smallest absolute Gasteiger partial charge is 0.338 e. The van der Waals surface area contributed by atoms with Gasteiger partial charge in [0.2, 0.25) is 0 Å². The van der Waals surface area contributed by atoms with Crippen LogP contribution in [0, 0.1) is 16.7 Å². The maximum atomic E-state index is 15.3. The summed E-state index contributed by atoms with van der Waals surface area (Å²) >= 11 is 0. The van der Waals surface area contributed by atoms with Gasteiger partial charge in [0.25, 0.3) is 0 Å². The van der Waals surface area contributed by atoms with Crippen molar-refractivity contribution in [1.82, 2.24) is 0 Å². The van der Waals surface area contributed by atoms with Gasteiger partial charge in [-0.1, -0.05) is 32.0 Å². The molecule has 10 heteroatoms. The first kappa shape index (κ1) is 23.8. The van der Waals surface area contributed by atoms with Crippen molar-refractivity contribution in [3.8, 4) is 0 Å². The average molecular weight is 593 g/mol. The number of rotatable bonds is 6. The van der Waals surface area contributed by atoms with Gasteiger partial charge in [-0.3, -0.25) is 9.59 Å². The lowest BCUT2D eigenvalue weighted by molar-refractivity contribution is -0.347. The first-order valence-corrected chi connectivity index (χ1v) is 14.0. The van der Waals surface area contributed by atoms with E-state index >= 15 is 4.79 Å². The van der Waals surface area contributed by atoms with Crippen LogP contribution in [0.15, 0.2) is 41.5 Å². The van der Waals surface area contributed by atoms with Crippen molar-refractivity contribution in [2.24, 2.45) is 16.7 Å². The van der Waals surface area contributed by atoms with E-state index in [1.54, 1.807) is 39.0 Å². The fraction of sp³-hybridized carbons (Fsp3) is 0.656. The molecule has 42 heavy (non-hydrogen) atoms. The van der Waals surface area contributed by atoms with Gasteiger partial charge in [-0.05, 0) is 37.1 Å². The quantitative estimate of drug-likeness (QED) is 0.389. The number of esters is 2. The Labute approximate surface area is 255 Å². The Balaban J connectivity index is 1.90. The van der Waals surface area contributed by atoms with Gasteiger partial charge < -0.3 is 33.5 Å². The van der Waals surface area contributed by atoms with Crippen molar-refractivity contribution < 1.29 is 56.1 Å². The number of ether oxygens (including phenoxy) is 6. The van der Waals surface area contributed by atoms with Crippen LogP contribution in [0.1, 0.15) is 66.0 Å². The van der Waals surface area contributed by atoms with Crippen LogP contribution in [0.4, 0.5) is 0 Å². The summed E-state index contributed by atoms with van der Waals surface area (Å²) in [5, 5.41) is 13.2. The highest BCUT2D eigenvalue weighted by Gasteiger charge is 2.78. The first-order chi connectivity index (χ1) is 22.0.